The van der Waals surface area contributed by atoms with Crippen molar-refractivity contribution in [2.24, 2.45) is 0 Å². The molecule has 4 bridgehead atoms. The second-order valence-corrected chi connectivity index (χ2v) is 5.80. The largest absolute Gasteiger partial charge is 0.339 e. The first-order valence-electron chi connectivity index (χ1n) is 5.83. The van der Waals surface area contributed by atoms with Crippen molar-refractivity contribution in [2.75, 3.05) is 0 Å². The number of halogens is 15. The molecule has 0 N–H and O–H groups in total. The Bertz CT molecular complexity index is 551. The minimum Gasteiger partial charge on any atom is -0.223 e. The van der Waals surface area contributed by atoms with Crippen LogP contribution >= 0.6 is 0 Å². The third-order valence-electron chi connectivity index (χ3n) is 4.84. The summed E-state index contributed by atoms with van der Waals surface area (Å²) in [5.41, 5.74) is -22.3. The SMILES string of the molecule is FC1(F)[C]2C(F)(F)C3(F)C(F)(F)C1(F)C(F)(F)C(F)(C2(F)F)C3(F)F. The Labute approximate surface area is 125 Å². The third-order valence-corrected chi connectivity index (χ3v) is 4.84. The summed E-state index contributed by atoms with van der Waals surface area (Å²) < 4.78 is 205. The van der Waals surface area contributed by atoms with Crippen molar-refractivity contribution in [1.29, 1.82) is 0 Å². The monoisotopic (exact) mass is 405 g/mol. The van der Waals surface area contributed by atoms with Gasteiger partial charge in [-0.2, -0.15) is 26.3 Å². The molecule has 0 spiro atoms. The van der Waals surface area contributed by atoms with Crippen LogP contribution in [0.15, 0.2) is 0 Å². The van der Waals surface area contributed by atoms with E-state index in [1.807, 2.05) is 0 Å². The highest BCUT2D eigenvalue weighted by Gasteiger charge is 3.19. The van der Waals surface area contributed by atoms with E-state index >= 15 is 0 Å². The Kier molecular flexibility index (Phi) is 2.65. The Hall–Kier alpha value is -1.05. The molecule has 0 unspecified atom stereocenters. The molecule has 4 rings (SSSR count). The van der Waals surface area contributed by atoms with Gasteiger partial charge in [0.1, 0.15) is 0 Å². The highest BCUT2D eigenvalue weighted by Crippen LogP contribution is 2.87. The Morgan fingerprint density at radius 2 is 0.480 bits per heavy atom. The first-order chi connectivity index (χ1) is 10.6. The van der Waals surface area contributed by atoms with Gasteiger partial charge in [-0.15, -0.1) is 0 Å². The zero-order valence-corrected chi connectivity index (χ0v) is 10.7. The van der Waals surface area contributed by atoms with E-state index in [-0.39, 0.29) is 0 Å². The molecular weight excluding hydrogens is 405 g/mol. The molecule has 145 valence electrons. The van der Waals surface area contributed by atoms with Gasteiger partial charge in [0, 0.05) is 0 Å². The van der Waals surface area contributed by atoms with Crippen LogP contribution in [0.2, 0.25) is 0 Å². The van der Waals surface area contributed by atoms with Crippen LogP contribution in [-0.4, -0.2) is 52.5 Å². The van der Waals surface area contributed by atoms with Crippen molar-refractivity contribution in [2.45, 2.75) is 52.5 Å². The average molecular weight is 405 g/mol. The van der Waals surface area contributed by atoms with Crippen molar-refractivity contribution in [3.63, 3.8) is 0 Å². The van der Waals surface area contributed by atoms with Gasteiger partial charge in [0.2, 0.25) is 0 Å². The molecule has 15 heteroatoms. The quantitative estimate of drug-likeness (QED) is 0.520. The number of hydrogen-bond acceptors (Lipinski definition) is 0. The molecule has 0 aromatic carbocycles. The molecule has 0 atom stereocenters. The molecule has 4 aliphatic carbocycles. The van der Waals surface area contributed by atoms with Gasteiger partial charge in [-0.3, -0.25) is 0 Å². The maximum absolute atomic E-state index is 14.0. The van der Waals surface area contributed by atoms with E-state index in [0.29, 0.717) is 0 Å². The fourth-order valence-corrected chi connectivity index (χ4v) is 3.59. The molecule has 0 aromatic rings. The van der Waals surface area contributed by atoms with Crippen LogP contribution in [0.4, 0.5) is 65.9 Å². The number of alkyl halides is 15. The predicted molar refractivity (Wildman–Crippen MR) is 44.4 cm³/mol. The lowest BCUT2D eigenvalue weighted by Gasteiger charge is -2.71. The summed E-state index contributed by atoms with van der Waals surface area (Å²) in [6, 6.07) is 0. The molecule has 4 aliphatic rings. The number of rotatable bonds is 0. The summed E-state index contributed by atoms with van der Waals surface area (Å²) in [6.07, 6.45) is 0. The molecule has 0 nitrogen and oxygen atoms in total. The summed E-state index contributed by atoms with van der Waals surface area (Å²) in [5.74, 6) is -49.6. The van der Waals surface area contributed by atoms with Gasteiger partial charge in [-0.1, -0.05) is 0 Å². The minimum absolute atomic E-state index is 4.73. The lowest BCUT2D eigenvalue weighted by atomic mass is 9.42. The van der Waals surface area contributed by atoms with Gasteiger partial charge in [-0.25, -0.2) is 39.5 Å². The van der Waals surface area contributed by atoms with Crippen LogP contribution in [0.1, 0.15) is 0 Å². The second kappa shape index (κ2) is 3.53. The molecule has 4 saturated carbocycles. The Morgan fingerprint density at radius 1 is 0.320 bits per heavy atom. The van der Waals surface area contributed by atoms with E-state index in [2.05, 4.69) is 0 Å². The van der Waals surface area contributed by atoms with Crippen LogP contribution in [-0.2, 0) is 0 Å². The van der Waals surface area contributed by atoms with Crippen LogP contribution < -0.4 is 0 Å². The maximum Gasteiger partial charge on any atom is 0.339 e. The molecule has 1 radical (unpaired) electrons. The molecule has 0 heterocycles. The zero-order valence-electron chi connectivity index (χ0n) is 10.7. The maximum atomic E-state index is 14.0. The van der Waals surface area contributed by atoms with Crippen molar-refractivity contribution >= 4 is 0 Å². The fraction of sp³-hybridized carbons (Fsp3) is 0.900. The van der Waals surface area contributed by atoms with Crippen LogP contribution in [0, 0.1) is 5.92 Å². The normalized spacial score (nSPS) is 50.0. The zero-order chi connectivity index (χ0) is 20.1. The summed E-state index contributed by atoms with van der Waals surface area (Å²) >= 11 is 0. The molecule has 0 aromatic heterocycles. The summed E-state index contributed by atoms with van der Waals surface area (Å²) in [6.45, 7) is 0. The van der Waals surface area contributed by atoms with Crippen LogP contribution in [0.25, 0.3) is 0 Å². The van der Waals surface area contributed by atoms with Crippen molar-refractivity contribution in [3.8, 4) is 0 Å². The first kappa shape index (κ1) is 18.7. The highest BCUT2D eigenvalue weighted by atomic mass is 19.3. The topological polar surface area (TPSA) is 0 Å². The fourth-order valence-electron chi connectivity index (χ4n) is 3.59. The Morgan fingerprint density at radius 3 is 0.640 bits per heavy atom. The minimum atomic E-state index is -7.67. The molecule has 0 aliphatic heterocycles. The molecule has 0 saturated heterocycles. The van der Waals surface area contributed by atoms with E-state index in [9.17, 15) is 65.9 Å². The molecule has 0 amide bonds. The van der Waals surface area contributed by atoms with E-state index in [4.69, 9.17) is 0 Å². The van der Waals surface area contributed by atoms with E-state index in [1.165, 1.54) is 0 Å². The highest BCUT2D eigenvalue weighted by molar-refractivity contribution is 5.57. The third kappa shape index (κ3) is 1.05. The standard InChI is InChI=1S/C10F15/c11-2(12)1-3(13,14)6(18)8(20,21)5(2,17)9(22,23)7(19,4(1,15)16)10(6,24)25. The number of hydrogen-bond donors (Lipinski definition) is 0. The van der Waals surface area contributed by atoms with Gasteiger partial charge in [0.15, 0.2) is 5.92 Å². The van der Waals surface area contributed by atoms with Crippen molar-refractivity contribution in [3.05, 3.63) is 5.92 Å². The van der Waals surface area contributed by atoms with E-state index < -0.39 is 58.5 Å². The Balaban J connectivity index is 2.64. The van der Waals surface area contributed by atoms with Gasteiger partial charge in [-0.05, 0) is 0 Å². The molecule has 4 fully saturated rings. The smallest absolute Gasteiger partial charge is 0.223 e. The summed E-state index contributed by atoms with van der Waals surface area (Å²) in [7, 11) is 0. The van der Waals surface area contributed by atoms with Crippen molar-refractivity contribution in [1.82, 2.24) is 0 Å². The van der Waals surface area contributed by atoms with Crippen LogP contribution in [0.5, 0.6) is 0 Å². The van der Waals surface area contributed by atoms with Gasteiger partial charge < -0.3 is 0 Å². The van der Waals surface area contributed by atoms with E-state index in [0.717, 1.165) is 0 Å². The second-order valence-electron chi connectivity index (χ2n) is 5.80. The van der Waals surface area contributed by atoms with E-state index in [1.54, 1.807) is 0 Å². The summed E-state index contributed by atoms with van der Waals surface area (Å²) in [4.78, 5) is 0. The first-order valence-corrected chi connectivity index (χ1v) is 5.83. The van der Waals surface area contributed by atoms with Gasteiger partial charge >= 0.3 is 52.5 Å². The molecular formula is C10F15. The predicted octanol–water partition coefficient (Wildman–Crippen LogP) is 4.54. The lowest BCUT2D eigenvalue weighted by molar-refractivity contribution is -0.555. The van der Waals surface area contributed by atoms with Gasteiger partial charge in [0.25, 0.3) is 0 Å². The van der Waals surface area contributed by atoms with Gasteiger partial charge in [0.05, 0.1) is 0 Å². The summed E-state index contributed by atoms with van der Waals surface area (Å²) in [5, 5.41) is 0. The van der Waals surface area contributed by atoms with Crippen molar-refractivity contribution < 1.29 is 65.9 Å². The average Bonchev–Trinajstić information content (AvgIpc) is 2.38. The molecule has 25 heavy (non-hydrogen) atoms. The lowest BCUT2D eigenvalue weighted by Crippen LogP contribution is -3.04. The van der Waals surface area contributed by atoms with Crippen LogP contribution in [0.3, 0.4) is 0 Å².